The minimum Gasteiger partial charge on any atom is -0.382 e. The van der Waals surface area contributed by atoms with Gasteiger partial charge in [0.15, 0.2) is 5.01 Å². The number of aromatic nitrogens is 6. The first-order chi connectivity index (χ1) is 27.0. The van der Waals surface area contributed by atoms with Crippen LogP contribution in [0.15, 0.2) is 55.0 Å². The second kappa shape index (κ2) is 14.0. The minimum atomic E-state index is -0.302. The van der Waals surface area contributed by atoms with E-state index >= 15 is 0 Å². The third-order valence-corrected chi connectivity index (χ3v) is 13.1. The molecule has 14 nitrogen and oxygen atoms in total. The van der Waals surface area contributed by atoms with Gasteiger partial charge in [0.05, 0.1) is 40.1 Å². The lowest BCUT2D eigenvalue weighted by atomic mass is 9.91. The molecule has 0 aromatic carbocycles. The maximum Gasteiger partial charge on any atom is 0.234 e. The van der Waals surface area contributed by atoms with Gasteiger partial charge in [0.1, 0.15) is 11.9 Å². The Hall–Kier alpha value is -5.46. The van der Waals surface area contributed by atoms with E-state index in [1.54, 1.807) is 17.5 Å². The predicted molar refractivity (Wildman–Crippen MR) is 209 cm³/mol. The molecular formula is C40H42N12O2S. The Kier molecular flexibility index (Phi) is 8.67. The lowest BCUT2D eigenvalue weighted by Gasteiger charge is -2.43. The molecule has 280 valence electrons. The van der Waals surface area contributed by atoms with Gasteiger partial charge in [-0.1, -0.05) is 17.4 Å². The highest BCUT2D eigenvalue weighted by Gasteiger charge is 2.42. The van der Waals surface area contributed by atoms with Crippen LogP contribution in [0.4, 0.5) is 16.6 Å². The lowest BCUT2D eigenvalue weighted by Crippen LogP contribution is -2.55. The lowest BCUT2D eigenvalue weighted by molar-refractivity contribution is -0.134. The van der Waals surface area contributed by atoms with E-state index in [0.717, 1.165) is 108 Å². The summed E-state index contributed by atoms with van der Waals surface area (Å²) in [6.45, 7) is 5.04. The van der Waals surface area contributed by atoms with Gasteiger partial charge in [0.25, 0.3) is 0 Å². The van der Waals surface area contributed by atoms with Crippen LogP contribution in [0.3, 0.4) is 0 Å². The zero-order chi connectivity index (χ0) is 37.0. The van der Waals surface area contributed by atoms with Gasteiger partial charge in [0, 0.05) is 75.4 Å². The summed E-state index contributed by atoms with van der Waals surface area (Å²) in [7, 11) is 0. The first-order valence-electron chi connectivity index (χ1n) is 19.5. The fourth-order valence-corrected chi connectivity index (χ4v) is 9.82. The monoisotopic (exact) mass is 754 g/mol. The molecule has 55 heavy (non-hydrogen) atoms. The zero-order valence-corrected chi connectivity index (χ0v) is 31.3. The number of pyridine rings is 2. The van der Waals surface area contributed by atoms with Crippen molar-refractivity contribution in [2.45, 2.75) is 75.4 Å². The number of nitrogens with zero attached hydrogens (tertiary/aromatic N) is 10. The van der Waals surface area contributed by atoms with E-state index in [-0.39, 0.29) is 17.7 Å². The van der Waals surface area contributed by atoms with Gasteiger partial charge in [-0.3, -0.25) is 24.8 Å². The number of piperidine rings is 2. The van der Waals surface area contributed by atoms with Gasteiger partial charge in [-0.25, -0.2) is 9.50 Å². The van der Waals surface area contributed by atoms with Gasteiger partial charge in [-0.05, 0) is 86.8 Å². The average Bonchev–Trinajstić information content (AvgIpc) is 3.61. The van der Waals surface area contributed by atoms with Crippen molar-refractivity contribution in [1.82, 2.24) is 40.0 Å². The molecule has 2 bridgehead atoms. The van der Waals surface area contributed by atoms with Crippen LogP contribution < -0.4 is 20.4 Å². The van der Waals surface area contributed by atoms with Crippen LogP contribution in [0, 0.1) is 17.2 Å². The number of carbonyl (C=O) groups excluding carboxylic acids is 2. The van der Waals surface area contributed by atoms with Crippen LogP contribution in [0.5, 0.6) is 0 Å². The van der Waals surface area contributed by atoms with Crippen LogP contribution in [-0.4, -0.2) is 97.3 Å². The molecular weight excluding hydrogens is 713 g/mol. The quantitative estimate of drug-likeness (QED) is 0.197. The number of imide groups is 1. The second-order valence-electron chi connectivity index (χ2n) is 15.7. The van der Waals surface area contributed by atoms with Crippen molar-refractivity contribution in [3.63, 3.8) is 0 Å². The number of anilines is 3. The van der Waals surface area contributed by atoms with Crippen molar-refractivity contribution < 1.29 is 9.59 Å². The molecule has 1 aliphatic carbocycles. The number of nitriles is 1. The number of fused-ring (bicyclic) bond motifs is 3. The van der Waals surface area contributed by atoms with Gasteiger partial charge in [-0.15, -0.1) is 10.2 Å². The zero-order valence-electron chi connectivity index (χ0n) is 30.5. The van der Waals surface area contributed by atoms with Gasteiger partial charge in [-0.2, -0.15) is 10.4 Å². The molecule has 5 aliphatic rings. The summed E-state index contributed by atoms with van der Waals surface area (Å²) >= 11 is 1.65. The summed E-state index contributed by atoms with van der Waals surface area (Å²) in [5, 5.41) is 31.3. The third kappa shape index (κ3) is 6.67. The molecule has 0 radical (unpaired) electrons. The molecule has 2 amide bonds. The molecule has 3 atom stereocenters. The molecule has 15 heteroatoms. The van der Waals surface area contributed by atoms with Crippen LogP contribution >= 0.6 is 11.3 Å². The Morgan fingerprint density at radius 1 is 0.891 bits per heavy atom. The molecule has 10 rings (SSSR count). The topological polar surface area (TPSA) is 161 Å². The molecule has 2 N–H and O–H groups in total. The number of nitrogens with one attached hydrogen (secondary N) is 2. The van der Waals surface area contributed by atoms with Crippen LogP contribution in [0.1, 0.15) is 68.4 Å². The fourth-order valence-electron chi connectivity index (χ4n) is 8.93. The average molecular weight is 755 g/mol. The van der Waals surface area contributed by atoms with E-state index in [1.807, 2.05) is 47.2 Å². The number of hydrogen-bond donors (Lipinski definition) is 2. The predicted octanol–water partition coefficient (Wildman–Crippen LogP) is 4.85. The van der Waals surface area contributed by atoms with Crippen LogP contribution in [0.2, 0.25) is 0 Å². The van der Waals surface area contributed by atoms with Crippen LogP contribution in [0.25, 0.3) is 27.5 Å². The Labute approximate surface area is 322 Å². The molecule has 5 aromatic rings. The number of rotatable bonds is 9. The normalized spacial score (nSPS) is 23.3. The Morgan fingerprint density at radius 2 is 1.73 bits per heavy atom. The Balaban J connectivity index is 0.775. The highest BCUT2D eigenvalue weighted by atomic mass is 32.1. The summed E-state index contributed by atoms with van der Waals surface area (Å²) in [6, 6.07) is 15.6. The van der Waals surface area contributed by atoms with Gasteiger partial charge >= 0.3 is 0 Å². The van der Waals surface area contributed by atoms with E-state index in [9.17, 15) is 14.9 Å². The van der Waals surface area contributed by atoms with Gasteiger partial charge in [0.2, 0.25) is 16.9 Å². The number of hydrogen-bond acceptors (Lipinski definition) is 13. The molecule has 0 spiro atoms. The Bertz CT molecular complexity index is 2290. The summed E-state index contributed by atoms with van der Waals surface area (Å²) in [5.41, 5.74) is 5.92. The van der Waals surface area contributed by atoms with E-state index < -0.39 is 0 Å². The summed E-state index contributed by atoms with van der Waals surface area (Å²) in [5.74, 6) is 0.906. The first-order valence-corrected chi connectivity index (χ1v) is 20.3. The fraction of sp³-hybridized carbons (Fsp3) is 0.450. The highest BCUT2D eigenvalue weighted by Crippen LogP contribution is 2.40. The smallest absolute Gasteiger partial charge is 0.234 e. The largest absolute Gasteiger partial charge is 0.382 e. The SMILES string of the molecule is N#Cc1cnn2c(-c3cc(NC4CC4)c(-c4nnc(N5CC6CCC(C5)N6CC5CCN(c6ccc([C@H]7CCC(=O)NC7=O)cn6)CC5)s4)cn3)ccc2c1. The number of amides is 2. The van der Waals surface area contributed by atoms with Crippen molar-refractivity contribution in [3.05, 3.63) is 66.1 Å². The minimum absolute atomic E-state index is 0.193. The van der Waals surface area contributed by atoms with E-state index in [2.05, 4.69) is 42.6 Å². The maximum absolute atomic E-state index is 12.3. The summed E-state index contributed by atoms with van der Waals surface area (Å²) in [4.78, 5) is 41.1. The van der Waals surface area contributed by atoms with E-state index in [4.69, 9.17) is 20.2 Å². The first kappa shape index (κ1) is 34.1. The summed E-state index contributed by atoms with van der Waals surface area (Å²) < 4.78 is 1.83. The van der Waals surface area contributed by atoms with Crippen LogP contribution in [-0.2, 0) is 9.59 Å². The molecule has 5 aromatic heterocycles. The highest BCUT2D eigenvalue weighted by molar-refractivity contribution is 7.18. The van der Waals surface area contributed by atoms with E-state index in [1.165, 1.54) is 12.8 Å². The van der Waals surface area contributed by atoms with Crippen molar-refractivity contribution in [2.24, 2.45) is 5.92 Å². The number of piperazine rings is 1. The molecule has 5 fully saturated rings. The van der Waals surface area contributed by atoms with Crippen molar-refractivity contribution >= 4 is 45.3 Å². The standard InChI is InChI=1S/C40H42N12O2S/c41-17-25-15-28-6-8-35(52(28)44-18-25)34-16-33(45-27-2-3-27)32(20-42-34)39-47-48-40(55-39)50-22-29-4-5-30(23-50)51(29)21-24-11-13-49(14-12-24)36-9-1-26(19-43-36)31-7-10-37(53)46-38(31)54/h1,6,8-9,15-16,18-20,24,27,29-31H,2-5,7,10-14,21-23H2,(H,42,45)(H,46,53,54)/t29?,30?,31-/m1/s1. The Morgan fingerprint density at radius 3 is 2.47 bits per heavy atom. The molecule has 4 saturated heterocycles. The molecule has 9 heterocycles. The van der Waals surface area contributed by atoms with Crippen molar-refractivity contribution in [1.29, 1.82) is 5.26 Å². The van der Waals surface area contributed by atoms with Gasteiger partial charge < -0.3 is 15.1 Å². The number of carbonyl (C=O) groups is 2. The van der Waals surface area contributed by atoms with Crippen molar-refractivity contribution in [2.75, 3.05) is 47.8 Å². The van der Waals surface area contributed by atoms with Crippen molar-refractivity contribution in [3.8, 4) is 28.0 Å². The second-order valence-corrected chi connectivity index (χ2v) is 16.7. The van der Waals surface area contributed by atoms with E-state index in [0.29, 0.717) is 42.4 Å². The maximum atomic E-state index is 12.3. The summed E-state index contributed by atoms with van der Waals surface area (Å²) in [6.07, 6.45) is 13.2. The molecule has 4 aliphatic heterocycles. The molecule has 2 unspecified atom stereocenters. The molecule has 1 saturated carbocycles. The third-order valence-electron chi connectivity index (χ3n) is 12.1.